The van der Waals surface area contributed by atoms with Gasteiger partial charge in [0.2, 0.25) is 0 Å². The second-order valence-electron chi connectivity index (χ2n) is 4.09. The molecule has 7 heteroatoms. The number of nitrogens with zero attached hydrogens (tertiary/aromatic N) is 2. The maximum atomic E-state index is 11.7. The molecule has 0 amide bonds. The minimum Gasteiger partial charge on any atom is -0.496 e. The van der Waals surface area contributed by atoms with Gasteiger partial charge in [0.05, 0.1) is 12.7 Å². The molecule has 0 atom stereocenters. The van der Waals surface area contributed by atoms with E-state index in [0.29, 0.717) is 23.0 Å². The van der Waals surface area contributed by atoms with Gasteiger partial charge >= 0.3 is 0 Å². The first kappa shape index (κ1) is 12.7. The van der Waals surface area contributed by atoms with E-state index >= 15 is 0 Å². The summed E-state index contributed by atoms with van der Waals surface area (Å²) in [6.45, 7) is 0. The average Bonchev–Trinajstić information content (AvgIpc) is 2.92. The Labute approximate surface area is 118 Å². The molecular weight excluding hydrogens is 276 g/mol. The highest BCUT2D eigenvalue weighted by Crippen LogP contribution is 2.33. The van der Waals surface area contributed by atoms with Gasteiger partial charge in [0, 0.05) is 11.1 Å². The third-order valence-electron chi connectivity index (χ3n) is 2.95. The van der Waals surface area contributed by atoms with E-state index in [9.17, 15) is 4.79 Å². The molecule has 2 heterocycles. The molecule has 3 rings (SSSR count). The van der Waals surface area contributed by atoms with Gasteiger partial charge in [-0.1, -0.05) is 0 Å². The highest BCUT2D eigenvalue weighted by atomic mass is 32.2. The van der Waals surface area contributed by atoms with Crippen molar-refractivity contribution in [1.29, 1.82) is 0 Å². The summed E-state index contributed by atoms with van der Waals surface area (Å²) >= 11 is 1.63. The van der Waals surface area contributed by atoms with Crippen molar-refractivity contribution in [3.8, 4) is 28.5 Å². The van der Waals surface area contributed by atoms with E-state index < -0.39 is 0 Å². The molecule has 0 spiro atoms. The SMILES string of the molecule is COc1cc(SC)ccc1-c1nc2c[nH][nH]c(=O)c-2n1. The molecule has 0 saturated carbocycles. The topological polar surface area (TPSA) is 83.7 Å². The Kier molecular flexibility index (Phi) is 3.19. The van der Waals surface area contributed by atoms with Crippen LogP contribution in [0.2, 0.25) is 0 Å². The monoisotopic (exact) mass is 288 g/mol. The van der Waals surface area contributed by atoms with Gasteiger partial charge in [0.15, 0.2) is 11.5 Å². The van der Waals surface area contributed by atoms with E-state index in [1.807, 2.05) is 24.5 Å². The van der Waals surface area contributed by atoms with Gasteiger partial charge in [0.25, 0.3) is 5.56 Å². The Morgan fingerprint density at radius 1 is 1.30 bits per heavy atom. The van der Waals surface area contributed by atoms with Gasteiger partial charge < -0.3 is 9.84 Å². The largest absolute Gasteiger partial charge is 0.496 e. The van der Waals surface area contributed by atoms with Crippen molar-refractivity contribution in [1.82, 2.24) is 20.2 Å². The molecule has 1 aromatic rings. The van der Waals surface area contributed by atoms with E-state index in [-0.39, 0.29) is 5.56 Å². The maximum absolute atomic E-state index is 11.7. The molecule has 1 aromatic carbocycles. The molecule has 0 bridgehead atoms. The predicted molar refractivity (Wildman–Crippen MR) is 77.4 cm³/mol. The summed E-state index contributed by atoms with van der Waals surface area (Å²) in [5.74, 6) is 1.17. The molecule has 102 valence electrons. The summed E-state index contributed by atoms with van der Waals surface area (Å²) in [5, 5.41) is 5.11. The second-order valence-corrected chi connectivity index (χ2v) is 4.97. The lowest BCUT2D eigenvalue weighted by atomic mass is 10.2. The van der Waals surface area contributed by atoms with Crippen LogP contribution in [0, 0.1) is 0 Å². The number of nitrogens with one attached hydrogen (secondary N) is 2. The minimum atomic E-state index is -0.291. The Balaban J connectivity index is 2.18. The van der Waals surface area contributed by atoms with Gasteiger partial charge in [-0.3, -0.25) is 9.89 Å². The van der Waals surface area contributed by atoms with Gasteiger partial charge in [-0.05, 0) is 24.5 Å². The third-order valence-corrected chi connectivity index (χ3v) is 3.67. The van der Waals surface area contributed by atoms with Crippen LogP contribution in [0.5, 0.6) is 5.75 Å². The lowest BCUT2D eigenvalue weighted by Gasteiger charge is -2.07. The Hall–Kier alpha value is -2.28. The van der Waals surface area contributed by atoms with Gasteiger partial charge in [-0.25, -0.2) is 9.97 Å². The van der Waals surface area contributed by atoms with Crippen molar-refractivity contribution in [2.45, 2.75) is 4.90 Å². The first-order valence-electron chi connectivity index (χ1n) is 5.89. The lowest BCUT2D eigenvalue weighted by Crippen LogP contribution is -2.10. The number of hydrogen-bond donors (Lipinski definition) is 2. The molecule has 2 aliphatic heterocycles. The number of hydrogen-bond acceptors (Lipinski definition) is 5. The Morgan fingerprint density at radius 2 is 2.15 bits per heavy atom. The zero-order valence-electron chi connectivity index (χ0n) is 10.9. The molecule has 0 fully saturated rings. The number of methoxy groups -OCH3 is 1. The van der Waals surface area contributed by atoms with Crippen molar-refractivity contribution in [2.75, 3.05) is 13.4 Å². The summed E-state index contributed by atoms with van der Waals surface area (Å²) in [6.07, 6.45) is 3.60. The molecule has 0 aromatic heterocycles. The second kappa shape index (κ2) is 5.01. The van der Waals surface area contributed by atoms with E-state index in [2.05, 4.69) is 20.2 Å². The normalized spacial score (nSPS) is 10.9. The van der Waals surface area contributed by atoms with Crippen molar-refractivity contribution in [2.24, 2.45) is 0 Å². The van der Waals surface area contributed by atoms with Gasteiger partial charge in [-0.15, -0.1) is 11.8 Å². The lowest BCUT2D eigenvalue weighted by molar-refractivity contribution is 0.415. The molecule has 2 N–H and O–H groups in total. The first-order valence-corrected chi connectivity index (χ1v) is 7.11. The predicted octanol–water partition coefficient (Wildman–Crippen LogP) is 2.00. The van der Waals surface area contributed by atoms with E-state index in [1.165, 1.54) is 0 Å². The van der Waals surface area contributed by atoms with Crippen LogP contribution >= 0.6 is 11.8 Å². The number of aromatic nitrogens is 4. The van der Waals surface area contributed by atoms with Crippen LogP contribution in [0.3, 0.4) is 0 Å². The molecule has 0 unspecified atom stereocenters. The van der Waals surface area contributed by atoms with Crippen LogP contribution in [0.25, 0.3) is 22.8 Å². The quantitative estimate of drug-likeness (QED) is 0.720. The Morgan fingerprint density at radius 3 is 2.85 bits per heavy atom. The number of H-pyrrole nitrogens is 2. The minimum absolute atomic E-state index is 0.291. The number of fused-ring (bicyclic) bond motifs is 1. The van der Waals surface area contributed by atoms with Crippen LogP contribution < -0.4 is 10.3 Å². The summed E-state index contributed by atoms with van der Waals surface area (Å²) < 4.78 is 5.38. The van der Waals surface area contributed by atoms with Crippen molar-refractivity contribution in [3.05, 3.63) is 34.7 Å². The van der Waals surface area contributed by atoms with Crippen LogP contribution in [-0.4, -0.2) is 33.5 Å². The summed E-state index contributed by atoms with van der Waals surface area (Å²) in [7, 11) is 1.60. The number of ether oxygens (including phenoxy) is 1. The van der Waals surface area contributed by atoms with E-state index in [1.54, 1.807) is 25.1 Å². The highest BCUT2D eigenvalue weighted by molar-refractivity contribution is 7.98. The molecule has 2 aliphatic rings. The number of aromatic amines is 2. The van der Waals surface area contributed by atoms with Crippen molar-refractivity contribution < 1.29 is 4.74 Å². The average molecular weight is 288 g/mol. The van der Waals surface area contributed by atoms with E-state index in [0.717, 1.165) is 10.5 Å². The summed E-state index contributed by atoms with van der Waals surface area (Å²) in [4.78, 5) is 21.4. The van der Waals surface area contributed by atoms with E-state index in [4.69, 9.17) is 4.74 Å². The molecule has 0 radical (unpaired) electrons. The van der Waals surface area contributed by atoms with Crippen LogP contribution in [0.1, 0.15) is 0 Å². The fourth-order valence-electron chi connectivity index (χ4n) is 1.96. The van der Waals surface area contributed by atoms with Crippen LogP contribution in [0.15, 0.2) is 34.1 Å². The van der Waals surface area contributed by atoms with Crippen LogP contribution in [0.4, 0.5) is 0 Å². The van der Waals surface area contributed by atoms with Gasteiger partial charge in [-0.2, -0.15) is 0 Å². The van der Waals surface area contributed by atoms with Crippen LogP contribution in [-0.2, 0) is 0 Å². The zero-order chi connectivity index (χ0) is 14.1. The number of imidazole rings is 1. The highest BCUT2D eigenvalue weighted by Gasteiger charge is 2.18. The molecule has 20 heavy (non-hydrogen) atoms. The fourth-order valence-corrected chi connectivity index (χ4v) is 2.38. The number of rotatable bonds is 3. The standard InChI is InChI=1S/C13H12N4O2S/c1-19-10-5-7(20-2)3-4-8(10)12-15-9-6-14-17-13(18)11(9)16-12/h3-6,14H,1-2H3,(H,17,18). The number of thioether (sulfide) groups is 1. The molecule has 6 nitrogen and oxygen atoms in total. The first-order chi connectivity index (χ1) is 9.72. The summed E-state index contributed by atoms with van der Waals surface area (Å²) in [6, 6.07) is 5.80. The summed E-state index contributed by atoms with van der Waals surface area (Å²) in [5.41, 5.74) is 1.32. The zero-order valence-corrected chi connectivity index (χ0v) is 11.7. The Bertz CT molecular complexity index is 780. The van der Waals surface area contributed by atoms with Crippen molar-refractivity contribution in [3.63, 3.8) is 0 Å². The maximum Gasteiger partial charge on any atom is 0.290 e. The number of benzene rings is 1. The fraction of sp³-hybridized carbons (Fsp3) is 0.154. The third kappa shape index (κ3) is 2.05. The smallest absolute Gasteiger partial charge is 0.290 e. The van der Waals surface area contributed by atoms with Gasteiger partial charge in [0.1, 0.15) is 11.4 Å². The molecule has 0 aliphatic carbocycles. The van der Waals surface area contributed by atoms with Crippen molar-refractivity contribution >= 4 is 11.8 Å². The molecule has 0 saturated heterocycles. The molecular formula is C13H12N4O2S.